The van der Waals surface area contributed by atoms with Crippen LogP contribution in [0.4, 0.5) is 0 Å². The highest BCUT2D eigenvalue weighted by Crippen LogP contribution is 2.16. The van der Waals surface area contributed by atoms with Crippen LogP contribution in [0.2, 0.25) is 0 Å². The summed E-state index contributed by atoms with van der Waals surface area (Å²) in [4.78, 5) is 11.2. The van der Waals surface area contributed by atoms with Gasteiger partial charge in [-0.15, -0.1) is 0 Å². The van der Waals surface area contributed by atoms with Crippen molar-refractivity contribution < 1.29 is 13.2 Å². The van der Waals surface area contributed by atoms with E-state index in [1.165, 1.54) is 0 Å². The van der Waals surface area contributed by atoms with Crippen molar-refractivity contribution in [2.24, 2.45) is 5.92 Å². The van der Waals surface area contributed by atoms with E-state index < -0.39 is 10.0 Å². The molecule has 0 aromatic carbocycles. The Bertz CT molecular complexity index is 281. The summed E-state index contributed by atoms with van der Waals surface area (Å²) in [7, 11) is -3.18. The molecular formula is C7H13NO3S. The molecule has 1 saturated heterocycles. The van der Waals surface area contributed by atoms with Gasteiger partial charge in [0.1, 0.15) is 0 Å². The molecule has 1 aliphatic rings. The predicted molar refractivity (Wildman–Crippen MR) is 45.0 cm³/mol. The maximum absolute atomic E-state index is 11.2. The second-order valence-corrected chi connectivity index (χ2v) is 5.39. The molecule has 0 unspecified atom stereocenters. The summed E-state index contributed by atoms with van der Waals surface area (Å²) in [5.74, 6) is 0.0705. The van der Waals surface area contributed by atoms with Crippen molar-refractivity contribution in [1.29, 1.82) is 0 Å². The lowest BCUT2D eigenvalue weighted by Gasteiger charge is -2.30. The van der Waals surface area contributed by atoms with E-state index in [1.807, 2.05) is 13.8 Å². The van der Waals surface area contributed by atoms with Crippen molar-refractivity contribution >= 4 is 15.9 Å². The van der Waals surface area contributed by atoms with E-state index in [0.717, 1.165) is 4.31 Å². The Labute approximate surface area is 72.6 Å². The van der Waals surface area contributed by atoms with Crippen LogP contribution in [0.15, 0.2) is 0 Å². The van der Waals surface area contributed by atoms with Crippen molar-refractivity contribution in [2.45, 2.75) is 20.3 Å². The van der Waals surface area contributed by atoms with E-state index in [-0.39, 0.29) is 17.6 Å². The Balaban J connectivity index is 2.55. The summed E-state index contributed by atoms with van der Waals surface area (Å²) >= 11 is 0. The number of nitrogens with zero attached hydrogens (tertiary/aromatic N) is 1. The Morgan fingerprint density at radius 2 is 2.08 bits per heavy atom. The number of amides is 1. The number of carbonyl (C=O) groups excluding carboxylic acids is 1. The molecule has 0 atom stereocenters. The van der Waals surface area contributed by atoms with Crippen LogP contribution in [0.1, 0.15) is 20.3 Å². The van der Waals surface area contributed by atoms with Crippen LogP contribution in [0, 0.1) is 5.92 Å². The van der Waals surface area contributed by atoms with E-state index >= 15 is 0 Å². The van der Waals surface area contributed by atoms with E-state index in [1.54, 1.807) is 0 Å². The zero-order valence-electron chi connectivity index (χ0n) is 7.28. The summed E-state index contributed by atoms with van der Waals surface area (Å²) < 4.78 is 22.9. The summed E-state index contributed by atoms with van der Waals surface area (Å²) in [6.07, 6.45) is 0.319. The van der Waals surface area contributed by atoms with Gasteiger partial charge in [-0.1, -0.05) is 13.8 Å². The largest absolute Gasteiger partial charge is 0.274 e. The quantitative estimate of drug-likeness (QED) is 0.626. The molecule has 1 fully saturated rings. The predicted octanol–water partition coefficient (Wildman–Crippen LogP) is 0.205. The molecule has 1 rings (SSSR count). The normalized spacial score (nSPS) is 20.8. The lowest BCUT2D eigenvalue weighted by atomic mass is 10.1. The van der Waals surface area contributed by atoms with Crippen LogP contribution in [-0.4, -0.2) is 30.9 Å². The average molecular weight is 191 g/mol. The van der Waals surface area contributed by atoms with Gasteiger partial charge in [-0.25, -0.2) is 12.7 Å². The number of hydrogen-bond donors (Lipinski definition) is 0. The summed E-state index contributed by atoms with van der Waals surface area (Å²) in [6.45, 7) is 4.16. The third-order valence-electron chi connectivity index (χ3n) is 1.75. The van der Waals surface area contributed by atoms with Crippen LogP contribution in [0.25, 0.3) is 0 Å². The van der Waals surface area contributed by atoms with Crippen LogP contribution in [-0.2, 0) is 14.8 Å². The van der Waals surface area contributed by atoms with Gasteiger partial charge in [0.15, 0.2) is 0 Å². The standard InChI is InChI=1S/C7H13NO3S/c1-6(2)5-7(9)8-3-4-12(8,10)11/h6H,3-5H2,1-2H3. The highest BCUT2D eigenvalue weighted by molar-refractivity contribution is 7.90. The van der Waals surface area contributed by atoms with Crippen LogP contribution in [0.3, 0.4) is 0 Å². The maximum atomic E-state index is 11.2. The molecule has 12 heavy (non-hydrogen) atoms. The minimum absolute atomic E-state index is 0.122. The van der Waals surface area contributed by atoms with Gasteiger partial charge >= 0.3 is 0 Å². The molecule has 4 nitrogen and oxygen atoms in total. The summed E-state index contributed by atoms with van der Waals surface area (Å²) in [6, 6.07) is 0. The Morgan fingerprint density at radius 3 is 2.33 bits per heavy atom. The molecule has 0 spiro atoms. The molecule has 0 N–H and O–H groups in total. The topological polar surface area (TPSA) is 54.5 Å². The van der Waals surface area contributed by atoms with Gasteiger partial charge in [-0.05, 0) is 5.92 Å². The van der Waals surface area contributed by atoms with Gasteiger partial charge in [0.05, 0.1) is 12.3 Å². The Morgan fingerprint density at radius 1 is 1.50 bits per heavy atom. The molecule has 5 heteroatoms. The Kier molecular flexibility index (Phi) is 2.41. The van der Waals surface area contributed by atoms with Crippen molar-refractivity contribution in [3.63, 3.8) is 0 Å². The fourth-order valence-corrected chi connectivity index (χ4v) is 2.11. The smallest absolute Gasteiger partial charge is 0.239 e. The first-order valence-corrected chi connectivity index (χ1v) is 5.57. The van der Waals surface area contributed by atoms with Gasteiger partial charge in [0.2, 0.25) is 15.9 Å². The van der Waals surface area contributed by atoms with Crippen molar-refractivity contribution in [1.82, 2.24) is 4.31 Å². The van der Waals surface area contributed by atoms with Crippen LogP contribution in [0.5, 0.6) is 0 Å². The van der Waals surface area contributed by atoms with Gasteiger partial charge in [0, 0.05) is 6.42 Å². The summed E-state index contributed by atoms with van der Waals surface area (Å²) in [5.41, 5.74) is 0. The molecule has 70 valence electrons. The number of sulfonamides is 1. The second-order valence-electron chi connectivity index (χ2n) is 3.38. The van der Waals surface area contributed by atoms with Crippen molar-refractivity contribution in [3.05, 3.63) is 0 Å². The number of hydrogen-bond acceptors (Lipinski definition) is 3. The number of carbonyl (C=O) groups is 1. The SMILES string of the molecule is CC(C)CC(=O)N1CCS1(=O)=O. The molecule has 0 aliphatic carbocycles. The second kappa shape index (κ2) is 3.05. The van der Waals surface area contributed by atoms with Crippen LogP contribution < -0.4 is 0 Å². The van der Waals surface area contributed by atoms with Crippen molar-refractivity contribution in [3.8, 4) is 0 Å². The fourth-order valence-electron chi connectivity index (χ4n) is 1.06. The van der Waals surface area contributed by atoms with Gasteiger partial charge in [0.25, 0.3) is 0 Å². The average Bonchev–Trinajstić information content (AvgIpc) is 1.83. The zero-order valence-corrected chi connectivity index (χ0v) is 8.10. The highest BCUT2D eigenvalue weighted by atomic mass is 32.2. The minimum atomic E-state index is -3.18. The maximum Gasteiger partial charge on any atom is 0.239 e. The van der Waals surface area contributed by atoms with E-state index in [4.69, 9.17) is 0 Å². The molecule has 1 heterocycles. The van der Waals surface area contributed by atoms with E-state index in [0.29, 0.717) is 13.0 Å². The highest BCUT2D eigenvalue weighted by Gasteiger charge is 2.36. The molecule has 1 amide bonds. The summed E-state index contributed by atoms with van der Waals surface area (Å²) in [5, 5.41) is 0. The number of rotatable bonds is 2. The molecule has 0 saturated carbocycles. The van der Waals surface area contributed by atoms with Crippen molar-refractivity contribution in [2.75, 3.05) is 12.3 Å². The lowest BCUT2D eigenvalue weighted by molar-refractivity contribution is -0.127. The monoisotopic (exact) mass is 191 g/mol. The van der Waals surface area contributed by atoms with E-state index in [2.05, 4.69) is 0 Å². The molecule has 0 aromatic heterocycles. The third-order valence-corrected chi connectivity index (χ3v) is 3.51. The van der Waals surface area contributed by atoms with Crippen LogP contribution >= 0.6 is 0 Å². The molecule has 0 radical (unpaired) electrons. The first kappa shape index (κ1) is 9.51. The molecule has 1 aliphatic heterocycles. The molecular weight excluding hydrogens is 178 g/mol. The lowest BCUT2D eigenvalue weighted by Crippen LogP contribution is -2.51. The first-order chi connectivity index (χ1) is 5.43. The molecule has 0 bridgehead atoms. The zero-order chi connectivity index (χ0) is 9.35. The Hall–Kier alpha value is -0.580. The van der Waals surface area contributed by atoms with Gasteiger partial charge in [-0.2, -0.15) is 0 Å². The van der Waals surface area contributed by atoms with Gasteiger partial charge < -0.3 is 0 Å². The van der Waals surface area contributed by atoms with Gasteiger partial charge in [-0.3, -0.25) is 4.79 Å². The first-order valence-electron chi connectivity index (χ1n) is 3.97. The fraction of sp³-hybridized carbons (Fsp3) is 0.857. The molecule has 0 aromatic rings. The van der Waals surface area contributed by atoms with E-state index in [9.17, 15) is 13.2 Å². The minimum Gasteiger partial charge on any atom is -0.274 e. The third kappa shape index (κ3) is 1.77.